The van der Waals surface area contributed by atoms with E-state index in [1.165, 1.54) is 5.56 Å². The Hall–Kier alpha value is -2.65. The summed E-state index contributed by atoms with van der Waals surface area (Å²) < 4.78 is 0. The lowest BCUT2D eigenvalue weighted by Crippen LogP contribution is -2.06. The summed E-state index contributed by atoms with van der Waals surface area (Å²) in [6, 6.07) is 29.0. The van der Waals surface area contributed by atoms with Crippen LogP contribution in [0.25, 0.3) is 0 Å². The lowest BCUT2D eigenvalue weighted by molar-refractivity contribution is 1.42. The van der Waals surface area contributed by atoms with E-state index in [0.29, 0.717) is 0 Å². The van der Waals surface area contributed by atoms with Crippen molar-refractivity contribution in [3.63, 3.8) is 0 Å². The third kappa shape index (κ3) is 3.89. The number of thioether (sulfide) groups is 1. The molecule has 0 saturated carbocycles. The van der Waals surface area contributed by atoms with Crippen LogP contribution in [0.1, 0.15) is 17.5 Å². The fourth-order valence-corrected chi connectivity index (χ4v) is 3.70. The molecule has 0 fully saturated rings. The van der Waals surface area contributed by atoms with Gasteiger partial charge in [-0.3, -0.25) is 4.99 Å². The summed E-state index contributed by atoms with van der Waals surface area (Å²) in [5, 5.41) is 1.11. The van der Waals surface area contributed by atoms with Crippen molar-refractivity contribution >= 4 is 33.9 Å². The van der Waals surface area contributed by atoms with Gasteiger partial charge in [-0.2, -0.15) is 0 Å². The number of benzene rings is 3. The van der Waals surface area contributed by atoms with E-state index in [9.17, 15) is 0 Å². The zero-order valence-electron chi connectivity index (χ0n) is 13.8. The molecular formula is C22H18N2S. The number of nitrogens with zero attached hydrogens (tertiary/aromatic N) is 2. The number of hydrogen-bond acceptors (Lipinski definition) is 3. The highest BCUT2D eigenvalue weighted by molar-refractivity contribution is 8.13. The van der Waals surface area contributed by atoms with Gasteiger partial charge in [0.15, 0.2) is 0 Å². The molecule has 0 radical (unpaired) electrons. The molecular weight excluding hydrogens is 324 g/mol. The number of fused-ring (bicyclic) bond motifs is 1. The number of hydrogen-bond donors (Lipinski definition) is 0. The molecule has 0 spiro atoms. The standard InChI is InChI=1S/C22H18N2S/c1-3-9-17(10-4-1)16-25-22-15-21(18-11-5-2-6-12-18)23-19-13-7-8-14-20(19)24-22/h1-14H,15-16H2. The van der Waals surface area contributed by atoms with Crippen LogP contribution in [-0.2, 0) is 5.75 Å². The highest BCUT2D eigenvalue weighted by Gasteiger charge is 2.15. The quantitative estimate of drug-likeness (QED) is 0.558. The van der Waals surface area contributed by atoms with E-state index in [0.717, 1.165) is 39.9 Å². The topological polar surface area (TPSA) is 24.7 Å². The highest BCUT2D eigenvalue weighted by Crippen LogP contribution is 2.33. The summed E-state index contributed by atoms with van der Waals surface area (Å²) in [4.78, 5) is 9.80. The molecule has 0 aromatic heterocycles. The second kappa shape index (κ2) is 7.49. The van der Waals surface area contributed by atoms with E-state index >= 15 is 0 Å². The van der Waals surface area contributed by atoms with Crippen molar-refractivity contribution in [1.82, 2.24) is 0 Å². The lowest BCUT2D eigenvalue weighted by atomic mass is 10.1. The minimum Gasteiger partial charge on any atom is -0.250 e. The summed E-state index contributed by atoms with van der Waals surface area (Å²) in [5.74, 6) is 0.921. The molecule has 1 aliphatic rings. The van der Waals surface area contributed by atoms with Crippen LogP contribution in [0, 0.1) is 0 Å². The molecule has 0 saturated heterocycles. The fraction of sp³-hybridized carbons (Fsp3) is 0.0909. The second-order valence-electron chi connectivity index (χ2n) is 5.87. The zero-order chi connectivity index (χ0) is 16.9. The molecule has 3 aromatic rings. The van der Waals surface area contributed by atoms with Crippen LogP contribution in [0.15, 0.2) is 94.9 Å². The molecule has 0 N–H and O–H groups in total. The van der Waals surface area contributed by atoms with Gasteiger partial charge in [-0.05, 0) is 23.3 Å². The van der Waals surface area contributed by atoms with Gasteiger partial charge in [0.1, 0.15) is 0 Å². The number of rotatable bonds is 3. The minimum atomic E-state index is 0.760. The van der Waals surface area contributed by atoms with Crippen LogP contribution in [0.3, 0.4) is 0 Å². The molecule has 122 valence electrons. The van der Waals surface area contributed by atoms with Crippen molar-refractivity contribution in [2.75, 3.05) is 0 Å². The Morgan fingerprint density at radius 3 is 2.00 bits per heavy atom. The van der Waals surface area contributed by atoms with Crippen molar-refractivity contribution in [3.05, 3.63) is 96.1 Å². The predicted octanol–water partition coefficient (Wildman–Crippen LogP) is 6.17. The molecule has 4 rings (SSSR count). The van der Waals surface area contributed by atoms with E-state index in [1.807, 2.05) is 36.4 Å². The zero-order valence-corrected chi connectivity index (χ0v) is 14.6. The average Bonchev–Trinajstić information content (AvgIpc) is 2.87. The van der Waals surface area contributed by atoms with Crippen LogP contribution in [0.2, 0.25) is 0 Å². The Bertz CT molecular complexity index is 915. The first-order chi connectivity index (χ1) is 12.4. The molecule has 0 aliphatic carbocycles. The van der Waals surface area contributed by atoms with Crippen molar-refractivity contribution in [3.8, 4) is 0 Å². The molecule has 2 nitrogen and oxygen atoms in total. The molecule has 0 unspecified atom stereocenters. The second-order valence-corrected chi connectivity index (χ2v) is 6.92. The minimum absolute atomic E-state index is 0.760. The monoisotopic (exact) mass is 342 g/mol. The van der Waals surface area contributed by atoms with E-state index < -0.39 is 0 Å². The van der Waals surface area contributed by atoms with Crippen molar-refractivity contribution in [1.29, 1.82) is 0 Å². The molecule has 25 heavy (non-hydrogen) atoms. The maximum absolute atomic E-state index is 4.90. The molecule has 0 amide bonds. The summed E-state index contributed by atoms with van der Waals surface area (Å²) in [6.45, 7) is 0. The Morgan fingerprint density at radius 1 is 0.680 bits per heavy atom. The van der Waals surface area contributed by atoms with E-state index in [4.69, 9.17) is 9.98 Å². The van der Waals surface area contributed by atoms with Gasteiger partial charge in [-0.15, -0.1) is 11.8 Å². The van der Waals surface area contributed by atoms with Crippen molar-refractivity contribution in [2.45, 2.75) is 12.2 Å². The summed E-state index contributed by atoms with van der Waals surface area (Å²) >= 11 is 1.79. The van der Waals surface area contributed by atoms with Gasteiger partial charge in [0, 0.05) is 12.2 Å². The molecule has 1 aliphatic heterocycles. The Morgan fingerprint density at radius 2 is 1.28 bits per heavy atom. The van der Waals surface area contributed by atoms with Crippen LogP contribution in [-0.4, -0.2) is 10.8 Å². The summed E-state index contributed by atoms with van der Waals surface area (Å²) in [7, 11) is 0. The van der Waals surface area contributed by atoms with Crippen LogP contribution in [0.4, 0.5) is 11.4 Å². The largest absolute Gasteiger partial charge is 0.250 e. The van der Waals surface area contributed by atoms with E-state index in [1.54, 1.807) is 11.8 Å². The first-order valence-corrected chi connectivity index (χ1v) is 9.33. The van der Waals surface area contributed by atoms with Gasteiger partial charge >= 0.3 is 0 Å². The summed E-state index contributed by atoms with van der Waals surface area (Å²) in [5.41, 5.74) is 5.43. The maximum Gasteiger partial charge on any atom is 0.0896 e. The van der Waals surface area contributed by atoms with Gasteiger partial charge in [-0.25, -0.2) is 4.99 Å². The lowest BCUT2D eigenvalue weighted by Gasteiger charge is -2.07. The third-order valence-electron chi connectivity index (χ3n) is 4.06. The fourth-order valence-electron chi connectivity index (χ4n) is 2.78. The highest BCUT2D eigenvalue weighted by atomic mass is 32.2. The normalized spacial score (nSPS) is 13.4. The molecule has 3 heteroatoms. The van der Waals surface area contributed by atoms with Gasteiger partial charge < -0.3 is 0 Å². The van der Waals surface area contributed by atoms with Gasteiger partial charge in [-0.1, -0.05) is 72.8 Å². The SMILES string of the molecule is c1ccc(CSC2=Nc3ccccc3N=C(c3ccccc3)C2)cc1. The van der Waals surface area contributed by atoms with Crippen LogP contribution in [0.5, 0.6) is 0 Å². The molecule has 3 aromatic carbocycles. The van der Waals surface area contributed by atoms with Crippen LogP contribution < -0.4 is 0 Å². The Labute approximate surface area is 152 Å². The van der Waals surface area contributed by atoms with Crippen molar-refractivity contribution < 1.29 is 0 Å². The molecule has 1 heterocycles. The Balaban J connectivity index is 1.66. The van der Waals surface area contributed by atoms with Gasteiger partial charge in [0.2, 0.25) is 0 Å². The predicted molar refractivity (Wildman–Crippen MR) is 109 cm³/mol. The van der Waals surface area contributed by atoms with E-state index in [-0.39, 0.29) is 0 Å². The van der Waals surface area contributed by atoms with Gasteiger partial charge in [0.25, 0.3) is 0 Å². The maximum atomic E-state index is 4.90. The third-order valence-corrected chi connectivity index (χ3v) is 5.10. The average molecular weight is 342 g/mol. The van der Waals surface area contributed by atoms with Crippen molar-refractivity contribution in [2.24, 2.45) is 9.98 Å². The first-order valence-electron chi connectivity index (χ1n) is 8.35. The van der Waals surface area contributed by atoms with Gasteiger partial charge in [0.05, 0.1) is 22.1 Å². The molecule has 0 atom stereocenters. The van der Waals surface area contributed by atoms with E-state index in [2.05, 4.69) is 48.5 Å². The smallest absolute Gasteiger partial charge is 0.0896 e. The van der Waals surface area contributed by atoms with Crippen LogP contribution >= 0.6 is 11.8 Å². The molecule has 0 bridgehead atoms. The summed E-state index contributed by atoms with van der Waals surface area (Å²) in [6.07, 6.45) is 0.760. The first kappa shape index (κ1) is 15.9. The number of para-hydroxylation sites is 2. The number of aliphatic imine (C=N–C) groups is 2. The Kier molecular flexibility index (Phi) is 4.75.